The first kappa shape index (κ1) is 20.2. The van der Waals surface area contributed by atoms with Gasteiger partial charge in [-0.25, -0.2) is 4.79 Å². The first-order chi connectivity index (χ1) is 12.8. The second kappa shape index (κ2) is 8.98. The highest BCUT2D eigenvalue weighted by molar-refractivity contribution is 6.01. The van der Waals surface area contributed by atoms with E-state index in [9.17, 15) is 14.4 Å². The zero-order valence-corrected chi connectivity index (χ0v) is 16.0. The largest absolute Gasteiger partial charge is 0.465 e. The molecule has 0 fully saturated rings. The minimum absolute atomic E-state index is 0.0993. The average Bonchev–Trinajstić information content (AvgIpc) is 2.60. The van der Waals surface area contributed by atoms with E-state index in [1.54, 1.807) is 29.2 Å². The van der Waals surface area contributed by atoms with E-state index < -0.39 is 5.97 Å². The molecule has 0 bridgehead atoms. The number of amides is 2. The van der Waals surface area contributed by atoms with E-state index in [1.807, 2.05) is 32.0 Å². The maximum absolute atomic E-state index is 12.4. The summed E-state index contributed by atoms with van der Waals surface area (Å²) >= 11 is 0. The first-order valence-corrected chi connectivity index (χ1v) is 8.65. The van der Waals surface area contributed by atoms with Gasteiger partial charge in [-0.2, -0.15) is 0 Å². The molecule has 2 rings (SSSR count). The van der Waals surface area contributed by atoms with E-state index in [1.165, 1.54) is 14.0 Å². The predicted molar refractivity (Wildman–Crippen MR) is 105 cm³/mol. The number of carbonyl (C=O) groups excluding carboxylic acids is 3. The molecular weight excluding hydrogens is 344 g/mol. The maximum Gasteiger partial charge on any atom is 0.339 e. The first-order valence-electron chi connectivity index (χ1n) is 8.65. The zero-order valence-electron chi connectivity index (χ0n) is 16.0. The molecule has 0 saturated heterocycles. The van der Waals surface area contributed by atoms with Crippen LogP contribution in [0.2, 0.25) is 0 Å². The van der Waals surface area contributed by atoms with Crippen molar-refractivity contribution in [3.8, 4) is 0 Å². The molecule has 0 atom stereocenters. The number of hydrogen-bond donors (Lipinski definition) is 1. The number of hydrogen-bond acceptors (Lipinski definition) is 4. The lowest BCUT2D eigenvalue weighted by atomic mass is 10.1. The van der Waals surface area contributed by atoms with E-state index >= 15 is 0 Å². The second-order valence-electron chi connectivity index (χ2n) is 6.35. The molecular formula is C21H24N2O4. The number of nitrogens with one attached hydrogen (secondary N) is 1. The normalized spacial score (nSPS) is 10.2. The smallest absolute Gasteiger partial charge is 0.339 e. The number of rotatable bonds is 6. The fourth-order valence-corrected chi connectivity index (χ4v) is 2.88. The van der Waals surface area contributed by atoms with Crippen LogP contribution in [0.3, 0.4) is 0 Å². The highest BCUT2D eigenvalue weighted by atomic mass is 16.5. The molecule has 0 heterocycles. The third kappa shape index (κ3) is 5.41. The van der Waals surface area contributed by atoms with Crippen molar-refractivity contribution in [3.63, 3.8) is 0 Å². The van der Waals surface area contributed by atoms with Gasteiger partial charge in [0.15, 0.2) is 0 Å². The van der Waals surface area contributed by atoms with Crippen LogP contribution >= 0.6 is 0 Å². The Bertz CT molecular complexity index is 841. The fourth-order valence-electron chi connectivity index (χ4n) is 2.88. The summed E-state index contributed by atoms with van der Waals surface area (Å²) in [6.45, 7) is 5.64. The molecule has 27 heavy (non-hydrogen) atoms. The lowest BCUT2D eigenvalue weighted by molar-refractivity contribution is -0.117. The van der Waals surface area contributed by atoms with Gasteiger partial charge >= 0.3 is 5.97 Å². The Morgan fingerprint density at radius 1 is 1.04 bits per heavy atom. The van der Waals surface area contributed by atoms with E-state index in [0.29, 0.717) is 5.69 Å². The number of carbonyl (C=O) groups is 3. The van der Waals surface area contributed by atoms with Crippen molar-refractivity contribution in [3.05, 3.63) is 59.2 Å². The van der Waals surface area contributed by atoms with Gasteiger partial charge in [0.05, 0.1) is 18.4 Å². The summed E-state index contributed by atoms with van der Waals surface area (Å²) in [6, 6.07) is 12.5. The Hall–Kier alpha value is -3.15. The Morgan fingerprint density at radius 3 is 2.26 bits per heavy atom. The van der Waals surface area contributed by atoms with Crippen LogP contribution in [0.4, 0.5) is 11.4 Å². The summed E-state index contributed by atoms with van der Waals surface area (Å²) in [4.78, 5) is 37.8. The fraction of sp³-hybridized carbons (Fsp3) is 0.286. The Morgan fingerprint density at radius 2 is 1.67 bits per heavy atom. The van der Waals surface area contributed by atoms with Gasteiger partial charge in [-0.15, -0.1) is 0 Å². The van der Waals surface area contributed by atoms with Crippen molar-refractivity contribution < 1.29 is 19.1 Å². The van der Waals surface area contributed by atoms with Gasteiger partial charge in [0.2, 0.25) is 11.8 Å². The summed E-state index contributed by atoms with van der Waals surface area (Å²) in [7, 11) is 1.29. The van der Waals surface area contributed by atoms with Gasteiger partial charge in [-0.1, -0.05) is 18.2 Å². The van der Waals surface area contributed by atoms with Crippen molar-refractivity contribution in [2.24, 2.45) is 0 Å². The van der Waals surface area contributed by atoms with Crippen LogP contribution in [0.5, 0.6) is 0 Å². The van der Waals surface area contributed by atoms with Gasteiger partial charge in [0, 0.05) is 25.6 Å². The number of anilines is 2. The summed E-state index contributed by atoms with van der Waals surface area (Å²) in [5.74, 6) is -0.948. The summed E-state index contributed by atoms with van der Waals surface area (Å²) < 4.78 is 4.73. The number of benzene rings is 2. The lowest BCUT2D eigenvalue weighted by Crippen LogP contribution is -2.32. The SMILES string of the molecule is COC(=O)c1ccccc1NC(=O)CCN(C(C)=O)c1cc(C)cc(C)c1. The molecule has 0 radical (unpaired) electrons. The Balaban J connectivity index is 2.09. The van der Waals surface area contributed by atoms with Crippen molar-refractivity contribution >= 4 is 29.2 Å². The van der Waals surface area contributed by atoms with Crippen molar-refractivity contribution in [2.75, 3.05) is 23.9 Å². The van der Waals surface area contributed by atoms with Crippen LogP contribution in [0.25, 0.3) is 0 Å². The standard InChI is InChI=1S/C21H24N2O4/c1-14-11-15(2)13-17(12-14)23(16(3)24)10-9-20(25)22-19-8-6-5-7-18(19)21(26)27-4/h5-8,11-13H,9-10H2,1-4H3,(H,22,25). The van der Waals surface area contributed by atoms with Gasteiger partial charge < -0.3 is 15.0 Å². The van der Waals surface area contributed by atoms with Crippen molar-refractivity contribution in [2.45, 2.75) is 27.2 Å². The monoisotopic (exact) mass is 368 g/mol. The van der Waals surface area contributed by atoms with E-state index in [0.717, 1.165) is 16.8 Å². The number of ether oxygens (including phenoxy) is 1. The van der Waals surface area contributed by atoms with Crippen LogP contribution in [-0.2, 0) is 14.3 Å². The van der Waals surface area contributed by atoms with E-state index in [2.05, 4.69) is 5.32 Å². The molecule has 0 spiro atoms. The quantitative estimate of drug-likeness (QED) is 0.792. The Labute approximate surface area is 159 Å². The highest BCUT2D eigenvalue weighted by Gasteiger charge is 2.16. The lowest BCUT2D eigenvalue weighted by Gasteiger charge is -2.22. The molecule has 2 aromatic carbocycles. The molecule has 1 N–H and O–H groups in total. The molecule has 0 unspecified atom stereocenters. The summed E-state index contributed by atoms with van der Waals surface area (Å²) in [5.41, 5.74) is 3.53. The van der Waals surface area contributed by atoms with Crippen LogP contribution in [0, 0.1) is 13.8 Å². The minimum Gasteiger partial charge on any atom is -0.465 e. The average molecular weight is 368 g/mol. The van der Waals surface area contributed by atoms with E-state index in [4.69, 9.17) is 4.74 Å². The molecule has 0 aliphatic carbocycles. The molecule has 0 saturated carbocycles. The van der Waals surface area contributed by atoms with Crippen LogP contribution in [0.1, 0.15) is 34.8 Å². The van der Waals surface area contributed by atoms with Crippen LogP contribution in [-0.4, -0.2) is 31.4 Å². The maximum atomic E-state index is 12.4. The van der Waals surface area contributed by atoms with Crippen molar-refractivity contribution in [1.82, 2.24) is 0 Å². The Kier molecular flexibility index (Phi) is 6.71. The zero-order chi connectivity index (χ0) is 20.0. The van der Waals surface area contributed by atoms with Crippen LogP contribution in [0.15, 0.2) is 42.5 Å². The van der Waals surface area contributed by atoms with E-state index in [-0.39, 0.29) is 30.3 Å². The number of esters is 1. The molecule has 142 valence electrons. The minimum atomic E-state index is -0.522. The van der Waals surface area contributed by atoms with Crippen LogP contribution < -0.4 is 10.2 Å². The number of methoxy groups -OCH3 is 1. The molecule has 2 amide bonds. The molecule has 6 nitrogen and oxygen atoms in total. The summed E-state index contributed by atoms with van der Waals surface area (Å²) in [5, 5.41) is 2.72. The second-order valence-corrected chi connectivity index (χ2v) is 6.35. The third-order valence-corrected chi connectivity index (χ3v) is 4.07. The highest BCUT2D eigenvalue weighted by Crippen LogP contribution is 2.20. The number of nitrogens with zero attached hydrogens (tertiary/aromatic N) is 1. The predicted octanol–water partition coefficient (Wildman–Crippen LogP) is 3.47. The number of para-hydroxylation sites is 1. The molecule has 0 aliphatic rings. The van der Waals surface area contributed by atoms with Gasteiger partial charge in [-0.3, -0.25) is 9.59 Å². The molecule has 2 aromatic rings. The molecule has 0 aliphatic heterocycles. The van der Waals surface area contributed by atoms with Gasteiger partial charge in [-0.05, 0) is 49.2 Å². The summed E-state index contributed by atoms with van der Waals surface area (Å²) in [6.07, 6.45) is 0.0993. The topological polar surface area (TPSA) is 75.7 Å². The molecule has 0 aromatic heterocycles. The third-order valence-electron chi connectivity index (χ3n) is 4.07. The van der Waals surface area contributed by atoms with Gasteiger partial charge in [0.1, 0.15) is 0 Å². The number of aryl methyl sites for hydroxylation is 2. The van der Waals surface area contributed by atoms with Gasteiger partial charge in [0.25, 0.3) is 0 Å². The molecule has 6 heteroatoms. The van der Waals surface area contributed by atoms with Crippen molar-refractivity contribution in [1.29, 1.82) is 0 Å².